The average molecular weight is 777 g/mol. The molecule has 7 atom stereocenters. The number of hydrogen-bond donors (Lipinski definition) is 4. The van der Waals surface area contributed by atoms with Crippen molar-refractivity contribution in [2.45, 2.75) is 104 Å². The molecular weight excluding hydrogens is 720 g/mol. The average Bonchev–Trinajstić information content (AvgIpc) is 3.84. The minimum absolute atomic E-state index is 0.0613. The fourth-order valence-corrected chi connectivity index (χ4v) is 5.47. The number of hydrogen-bond acceptors (Lipinski definition) is 13. The Balaban J connectivity index is 1.93. The molecular formula is C43H56N2O11. The maximum absolute atomic E-state index is 13.3. The smallest absolute Gasteiger partial charge is 0.360 e. The number of oxazole rings is 2. The summed E-state index contributed by atoms with van der Waals surface area (Å²) >= 11 is 0. The number of carbonyl (C=O) groups is 2. The molecule has 56 heavy (non-hydrogen) atoms. The van der Waals surface area contributed by atoms with Crippen molar-refractivity contribution in [3.05, 3.63) is 127 Å². The maximum Gasteiger partial charge on any atom is 0.360 e. The molecule has 13 nitrogen and oxygen atoms in total. The van der Waals surface area contributed by atoms with Gasteiger partial charge in [0.15, 0.2) is 17.3 Å². The quantitative estimate of drug-likeness (QED) is 0.183. The van der Waals surface area contributed by atoms with E-state index in [1.54, 1.807) is 102 Å². The van der Waals surface area contributed by atoms with Gasteiger partial charge >= 0.3 is 11.9 Å². The molecule has 0 spiro atoms. The Morgan fingerprint density at radius 1 is 0.732 bits per heavy atom. The Morgan fingerprint density at radius 3 is 1.88 bits per heavy atom. The second-order valence-corrected chi connectivity index (χ2v) is 14.4. The van der Waals surface area contributed by atoms with E-state index < -0.39 is 65.5 Å². The van der Waals surface area contributed by atoms with Crippen LogP contribution in [0.15, 0.2) is 113 Å². The third-order valence-corrected chi connectivity index (χ3v) is 9.44. The maximum atomic E-state index is 13.3. The minimum atomic E-state index is -1.32. The molecule has 3 heterocycles. The van der Waals surface area contributed by atoms with Crippen molar-refractivity contribution in [1.82, 2.24) is 9.97 Å². The molecule has 0 aliphatic carbocycles. The standard InChI is InChI=1S/C43H56N2O11/c1-8-18-34(48)42(3,4)36-23-14-12-10-11-13-20-29(52-7)26-39-45-31(28-54-39)41(51)56-37(43(5,6)35(49)19-9-2)24-17-22-33(47)32(46)21-15-16-25-38-44-30(27-53-38)40(50)55-36/h8-22,25,27-29,32-37,46-49H,23-24,26H2,1-7H3/b11-10?,14-12?,18-8+,19-9+,20-13?,21-15?,22-17?,25-16?. The van der Waals surface area contributed by atoms with E-state index in [1.165, 1.54) is 50.0 Å². The van der Waals surface area contributed by atoms with Crippen molar-refractivity contribution in [3.63, 3.8) is 0 Å². The van der Waals surface area contributed by atoms with Gasteiger partial charge in [-0.25, -0.2) is 19.6 Å². The molecule has 1 aliphatic rings. The molecule has 2 aromatic heterocycles. The van der Waals surface area contributed by atoms with Crippen LogP contribution in [0, 0.1) is 10.8 Å². The number of cyclic esters (lactones) is 2. The minimum Gasteiger partial charge on any atom is -0.457 e. The van der Waals surface area contributed by atoms with Crippen LogP contribution < -0.4 is 0 Å². The molecule has 0 saturated heterocycles. The Hall–Kier alpha value is -4.92. The molecule has 3 rings (SSSR count). The van der Waals surface area contributed by atoms with Gasteiger partial charge in [0, 0.05) is 36.9 Å². The van der Waals surface area contributed by atoms with Crippen molar-refractivity contribution < 1.29 is 53.1 Å². The van der Waals surface area contributed by atoms with E-state index in [2.05, 4.69) is 9.97 Å². The first-order chi connectivity index (χ1) is 26.6. The largest absolute Gasteiger partial charge is 0.457 e. The molecule has 13 heteroatoms. The zero-order valence-corrected chi connectivity index (χ0v) is 33.1. The summed E-state index contributed by atoms with van der Waals surface area (Å²) in [5, 5.41) is 42.9. The number of ether oxygens (including phenoxy) is 3. The van der Waals surface area contributed by atoms with Gasteiger partial charge in [-0.15, -0.1) is 0 Å². The highest BCUT2D eigenvalue weighted by molar-refractivity contribution is 5.87. The van der Waals surface area contributed by atoms with Crippen LogP contribution in [0.25, 0.3) is 6.08 Å². The summed E-state index contributed by atoms with van der Waals surface area (Å²) < 4.78 is 28.3. The summed E-state index contributed by atoms with van der Waals surface area (Å²) in [4.78, 5) is 35.0. The first-order valence-corrected chi connectivity index (χ1v) is 18.5. The lowest BCUT2D eigenvalue weighted by Crippen LogP contribution is -2.42. The number of aromatic nitrogens is 2. The Labute approximate surface area is 328 Å². The highest BCUT2D eigenvalue weighted by Crippen LogP contribution is 2.33. The van der Waals surface area contributed by atoms with E-state index in [1.807, 2.05) is 6.08 Å². The molecule has 1 aliphatic heterocycles. The molecule has 0 amide bonds. The predicted molar refractivity (Wildman–Crippen MR) is 211 cm³/mol. The lowest BCUT2D eigenvalue weighted by molar-refractivity contribution is -0.0462. The molecule has 0 fully saturated rings. The van der Waals surface area contributed by atoms with Crippen LogP contribution in [0.4, 0.5) is 0 Å². The Bertz CT molecular complexity index is 1790. The van der Waals surface area contributed by atoms with Crippen LogP contribution in [0.3, 0.4) is 0 Å². The van der Waals surface area contributed by atoms with Crippen LogP contribution >= 0.6 is 0 Å². The molecule has 2 aromatic rings. The van der Waals surface area contributed by atoms with E-state index in [4.69, 9.17) is 23.0 Å². The van der Waals surface area contributed by atoms with E-state index in [0.717, 1.165) is 0 Å². The number of aliphatic hydroxyl groups excluding tert-OH is 4. The van der Waals surface area contributed by atoms with E-state index >= 15 is 0 Å². The number of esters is 2. The van der Waals surface area contributed by atoms with Gasteiger partial charge in [0.25, 0.3) is 0 Å². The van der Waals surface area contributed by atoms with E-state index in [9.17, 15) is 30.0 Å². The lowest BCUT2D eigenvalue weighted by Gasteiger charge is -2.36. The summed E-state index contributed by atoms with van der Waals surface area (Å²) in [6.45, 7) is 10.7. The number of rotatable bonds is 7. The van der Waals surface area contributed by atoms with Gasteiger partial charge in [-0.05, 0) is 13.8 Å². The second kappa shape index (κ2) is 22.0. The zero-order valence-electron chi connectivity index (χ0n) is 33.1. The second-order valence-electron chi connectivity index (χ2n) is 14.4. The highest BCUT2D eigenvalue weighted by Gasteiger charge is 2.39. The van der Waals surface area contributed by atoms with Crippen LogP contribution in [-0.4, -0.2) is 92.2 Å². The zero-order chi connectivity index (χ0) is 41.3. The van der Waals surface area contributed by atoms with Crippen LogP contribution in [0.1, 0.15) is 87.1 Å². The van der Waals surface area contributed by atoms with Crippen molar-refractivity contribution in [1.29, 1.82) is 0 Å². The molecule has 4 bridgehead atoms. The van der Waals surface area contributed by atoms with Crippen LogP contribution in [-0.2, 0) is 20.6 Å². The van der Waals surface area contributed by atoms with Crippen molar-refractivity contribution in [2.75, 3.05) is 7.11 Å². The summed E-state index contributed by atoms with van der Waals surface area (Å²) in [5.74, 6) is -1.15. The van der Waals surface area contributed by atoms with E-state index in [0.29, 0.717) is 0 Å². The van der Waals surface area contributed by atoms with E-state index in [-0.39, 0.29) is 42.4 Å². The molecule has 0 radical (unpaired) electrons. The van der Waals surface area contributed by atoms with Gasteiger partial charge < -0.3 is 43.5 Å². The lowest BCUT2D eigenvalue weighted by atomic mass is 9.79. The third kappa shape index (κ3) is 13.4. The molecule has 0 aromatic carbocycles. The number of carbonyl (C=O) groups excluding carboxylic acids is 2. The Morgan fingerprint density at radius 2 is 1.27 bits per heavy atom. The van der Waals surface area contributed by atoms with Crippen molar-refractivity contribution >= 4 is 18.0 Å². The summed E-state index contributed by atoms with van der Waals surface area (Å²) in [6.07, 6.45) is 22.5. The van der Waals surface area contributed by atoms with Gasteiger partial charge in [0.05, 0.1) is 24.7 Å². The van der Waals surface area contributed by atoms with Crippen molar-refractivity contribution in [2.24, 2.45) is 10.8 Å². The fourth-order valence-electron chi connectivity index (χ4n) is 5.47. The van der Waals surface area contributed by atoms with Gasteiger partial charge in [-0.2, -0.15) is 0 Å². The summed E-state index contributed by atoms with van der Waals surface area (Å²) in [6, 6.07) is 0. The Kier molecular flexibility index (Phi) is 17.8. The number of nitrogens with zero attached hydrogens (tertiary/aromatic N) is 2. The first-order valence-electron chi connectivity index (χ1n) is 18.5. The normalized spacial score (nSPS) is 24.0. The van der Waals surface area contributed by atoms with Gasteiger partial charge in [-0.1, -0.05) is 119 Å². The highest BCUT2D eigenvalue weighted by atomic mass is 16.6. The molecule has 4 N–H and O–H groups in total. The SMILES string of the molecule is C/C=C/C(O)C(C)(C)C1CC=CC=CC=CC(OC)Cc2nc(co2)C(=O)OC(C(C)(C)C(O)/C=C/C)CC=CC(O)C(O)C=CC=Cc2nc(co2)C(=O)O1. The van der Waals surface area contributed by atoms with Gasteiger partial charge in [0.1, 0.15) is 36.9 Å². The monoisotopic (exact) mass is 776 g/mol. The number of fused-ring (bicyclic) bond motifs is 4. The van der Waals surface area contributed by atoms with Crippen LogP contribution in [0.5, 0.6) is 0 Å². The molecule has 304 valence electrons. The van der Waals surface area contributed by atoms with Gasteiger partial charge in [-0.3, -0.25) is 0 Å². The van der Waals surface area contributed by atoms with Gasteiger partial charge in [0.2, 0.25) is 5.89 Å². The number of methoxy groups -OCH3 is 1. The number of allylic oxidation sites excluding steroid dienone is 8. The summed E-state index contributed by atoms with van der Waals surface area (Å²) in [5.41, 5.74) is -1.97. The number of aliphatic hydroxyl groups is 4. The third-order valence-electron chi connectivity index (χ3n) is 9.44. The van der Waals surface area contributed by atoms with Crippen LogP contribution in [0.2, 0.25) is 0 Å². The first kappa shape index (κ1) is 45.5. The predicted octanol–water partition coefficient (Wildman–Crippen LogP) is 6.21. The topological polar surface area (TPSA) is 195 Å². The van der Waals surface area contributed by atoms with Crippen molar-refractivity contribution in [3.8, 4) is 0 Å². The molecule has 7 unspecified atom stereocenters. The molecule has 0 saturated carbocycles. The summed E-state index contributed by atoms with van der Waals surface area (Å²) in [7, 11) is 1.53. The fraction of sp³-hybridized carbons (Fsp3) is 0.442.